The van der Waals surface area contributed by atoms with Crippen LogP contribution >= 0.6 is 0 Å². The highest BCUT2D eigenvalue weighted by Crippen LogP contribution is 2.33. The molecule has 0 fully saturated rings. The zero-order valence-electron chi connectivity index (χ0n) is 20.8. The first-order valence-corrected chi connectivity index (χ1v) is 12.1. The number of benzene rings is 2. The van der Waals surface area contributed by atoms with Gasteiger partial charge in [0, 0.05) is 17.3 Å². The lowest BCUT2D eigenvalue weighted by molar-refractivity contribution is -0.577. The SMILES string of the molecule is CCCc1[nH]n(-c2ccc(F)cc2)c(=O)c1C1=C([n+]2ccc(C)c(C)c2)C(=O)N(c2ccccc2)C1=O. The van der Waals surface area contributed by atoms with E-state index in [2.05, 4.69) is 5.10 Å². The predicted octanol–water partition coefficient (Wildman–Crippen LogP) is 4.10. The first-order valence-electron chi connectivity index (χ1n) is 12.1. The summed E-state index contributed by atoms with van der Waals surface area (Å²) in [5.74, 6) is -1.52. The molecule has 2 amide bonds. The molecule has 0 radical (unpaired) electrons. The van der Waals surface area contributed by atoms with Crippen LogP contribution in [0.5, 0.6) is 0 Å². The number of halogens is 1. The largest absolute Gasteiger partial charge is 0.331 e. The second kappa shape index (κ2) is 9.46. The molecular formula is C29H26FN4O3+. The maximum atomic E-state index is 14.0. The van der Waals surface area contributed by atoms with Gasteiger partial charge < -0.3 is 0 Å². The van der Waals surface area contributed by atoms with E-state index in [4.69, 9.17) is 0 Å². The molecule has 4 aromatic rings. The molecule has 0 saturated heterocycles. The van der Waals surface area contributed by atoms with Gasteiger partial charge in [0.25, 0.3) is 17.2 Å². The minimum absolute atomic E-state index is 0.0349. The molecule has 0 aliphatic carbocycles. The summed E-state index contributed by atoms with van der Waals surface area (Å²) < 4.78 is 16.5. The Bertz CT molecular complexity index is 1620. The van der Waals surface area contributed by atoms with Crippen molar-refractivity contribution in [3.63, 3.8) is 0 Å². The zero-order valence-corrected chi connectivity index (χ0v) is 20.8. The van der Waals surface area contributed by atoms with E-state index in [1.165, 1.54) is 28.9 Å². The first kappa shape index (κ1) is 24.1. The van der Waals surface area contributed by atoms with Gasteiger partial charge in [-0.05, 0) is 62.2 Å². The van der Waals surface area contributed by atoms with Gasteiger partial charge >= 0.3 is 5.91 Å². The molecule has 2 aromatic heterocycles. The zero-order chi connectivity index (χ0) is 26.3. The summed E-state index contributed by atoms with van der Waals surface area (Å²) in [5, 5.41) is 3.10. The summed E-state index contributed by atoms with van der Waals surface area (Å²) in [6.07, 6.45) is 4.68. The highest BCUT2D eigenvalue weighted by molar-refractivity contribution is 6.53. The van der Waals surface area contributed by atoms with Crippen molar-refractivity contribution in [2.75, 3.05) is 4.90 Å². The Morgan fingerprint density at radius 3 is 2.22 bits per heavy atom. The van der Waals surface area contributed by atoms with Gasteiger partial charge in [0.15, 0.2) is 12.4 Å². The van der Waals surface area contributed by atoms with Gasteiger partial charge in [-0.25, -0.2) is 14.0 Å². The van der Waals surface area contributed by atoms with Crippen molar-refractivity contribution >= 4 is 28.8 Å². The number of carbonyl (C=O) groups is 2. The average molecular weight is 498 g/mol. The van der Waals surface area contributed by atoms with Gasteiger partial charge in [0.05, 0.1) is 16.9 Å². The number of H-pyrrole nitrogens is 1. The van der Waals surface area contributed by atoms with Gasteiger partial charge in [-0.3, -0.25) is 19.5 Å². The quantitative estimate of drug-likeness (QED) is 0.322. The van der Waals surface area contributed by atoms with Gasteiger partial charge in [-0.2, -0.15) is 4.57 Å². The molecule has 37 heavy (non-hydrogen) atoms. The highest BCUT2D eigenvalue weighted by Gasteiger charge is 2.48. The molecule has 5 rings (SSSR count). The summed E-state index contributed by atoms with van der Waals surface area (Å²) in [4.78, 5) is 42.8. The number of rotatable bonds is 6. The molecule has 186 valence electrons. The first-order chi connectivity index (χ1) is 17.8. The van der Waals surface area contributed by atoms with Crippen LogP contribution < -0.4 is 15.0 Å². The van der Waals surface area contributed by atoms with Crippen molar-refractivity contribution in [1.29, 1.82) is 0 Å². The minimum Gasteiger partial charge on any atom is -0.294 e. The van der Waals surface area contributed by atoms with Crippen LogP contribution in [0.3, 0.4) is 0 Å². The maximum Gasteiger partial charge on any atom is 0.331 e. The number of carbonyl (C=O) groups excluding carboxylic acids is 2. The molecule has 3 heterocycles. The third-order valence-electron chi connectivity index (χ3n) is 6.57. The van der Waals surface area contributed by atoms with Crippen LogP contribution in [0.15, 0.2) is 77.9 Å². The number of nitrogens with zero attached hydrogens (tertiary/aromatic N) is 3. The molecule has 7 nitrogen and oxygen atoms in total. The van der Waals surface area contributed by atoms with Crippen molar-refractivity contribution in [2.24, 2.45) is 0 Å². The van der Waals surface area contributed by atoms with Crippen LogP contribution in [0.2, 0.25) is 0 Å². The Morgan fingerprint density at radius 1 is 0.865 bits per heavy atom. The van der Waals surface area contributed by atoms with E-state index < -0.39 is 23.2 Å². The van der Waals surface area contributed by atoms with Crippen LogP contribution in [0, 0.1) is 19.7 Å². The number of amides is 2. The van der Waals surface area contributed by atoms with Crippen LogP contribution in [0.4, 0.5) is 10.1 Å². The number of aromatic nitrogens is 3. The molecule has 0 atom stereocenters. The van der Waals surface area contributed by atoms with Crippen LogP contribution in [-0.2, 0) is 16.0 Å². The standard InChI is InChI=1S/C29H25FN4O3/c1-4-8-23-24(28(36)34(31-23)22-13-11-20(30)12-14-22)25-26(32-16-15-18(2)19(3)17-32)29(37)33(27(25)35)21-9-6-5-7-10-21/h5-7,9-17H,4,8H2,1-3H3/p+1. The molecule has 8 heteroatoms. The molecule has 2 aromatic carbocycles. The number of aryl methyl sites for hydroxylation is 3. The molecule has 0 saturated carbocycles. The van der Waals surface area contributed by atoms with Crippen LogP contribution in [0.1, 0.15) is 35.7 Å². The van der Waals surface area contributed by atoms with Crippen LogP contribution in [-0.4, -0.2) is 21.6 Å². The van der Waals surface area contributed by atoms with Gasteiger partial charge in [0.1, 0.15) is 11.4 Å². The van der Waals surface area contributed by atoms with E-state index in [-0.39, 0.29) is 16.8 Å². The number of nitrogens with one attached hydrogen (secondary N) is 1. The maximum absolute atomic E-state index is 14.0. The van der Waals surface area contributed by atoms with E-state index in [9.17, 15) is 18.8 Å². The van der Waals surface area contributed by atoms with Crippen molar-refractivity contribution in [2.45, 2.75) is 33.6 Å². The predicted molar refractivity (Wildman–Crippen MR) is 138 cm³/mol. The van der Waals surface area contributed by atoms with Crippen molar-refractivity contribution in [1.82, 2.24) is 9.78 Å². The third kappa shape index (κ3) is 4.10. The second-order valence-corrected chi connectivity index (χ2v) is 9.06. The van der Waals surface area contributed by atoms with E-state index in [1.54, 1.807) is 47.3 Å². The topological polar surface area (TPSA) is 79.1 Å². The number of hydrogen-bond acceptors (Lipinski definition) is 3. The summed E-state index contributed by atoms with van der Waals surface area (Å²) in [7, 11) is 0. The van der Waals surface area contributed by atoms with E-state index in [0.717, 1.165) is 16.0 Å². The molecule has 1 aliphatic rings. The molecule has 0 spiro atoms. The van der Waals surface area contributed by atoms with Crippen molar-refractivity contribution in [3.8, 4) is 5.69 Å². The molecule has 0 unspecified atom stereocenters. The highest BCUT2D eigenvalue weighted by atomic mass is 19.1. The van der Waals surface area contributed by atoms with Gasteiger partial charge in [-0.1, -0.05) is 31.5 Å². The normalized spacial score (nSPS) is 13.7. The summed E-state index contributed by atoms with van der Waals surface area (Å²) in [5.41, 5.74) is 3.14. The number of anilines is 1. The fourth-order valence-electron chi connectivity index (χ4n) is 4.55. The Balaban J connectivity index is 1.80. The third-order valence-corrected chi connectivity index (χ3v) is 6.57. The van der Waals surface area contributed by atoms with Crippen molar-refractivity contribution in [3.05, 3.63) is 112 Å². The molecular weight excluding hydrogens is 471 g/mol. The van der Waals surface area contributed by atoms with Gasteiger partial charge in [-0.15, -0.1) is 0 Å². The van der Waals surface area contributed by atoms with E-state index in [1.807, 2.05) is 26.8 Å². The summed E-state index contributed by atoms with van der Waals surface area (Å²) in [6.45, 7) is 5.84. The van der Waals surface area contributed by atoms with Crippen LogP contribution in [0.25, 0.3) is 17.0 Å². The smallest absolute Gasteiger partial charge is 0.294 e. The number of para-hydroxylation sites is 1. The molecule has 1 N–H and O–H groups in total. The minimum atomic E-state index is -0.573. The fourth-order valence-corrected chi connectivity index (χ4v) is 4.55. The average Bonchev–Trinajstić information content (AvgIpc) is 3.34. The number of pyridine rings is 1. The Hall–Kier alpha value is -4.59. The van der Waals surface area contributed by atoms with Crippen molar-refractivity contribution < 1.29 is 18.5 Å². The number of imide groups is 1. The summed E-state index contributed by atoms with van der Waals surface area (Å²) >= 11 is 0. The Kier molecular flexibility index (Phi) is 6.17. The monoisotopic (exact) mass is 497 g/mol. The Labute approximate surface area is 213 Å². The van der Waals surface area contributed by atoms with E-state index in [0.29, 0.717) is 29.9 Å². The second-order valence-electron chi connectivity index (χ2n) is 9.06. The lowest BCUT2D eigenvalue weighted by atomic mass is 10.0. The van der Waals surface area contributed by atoms with E-state index >= 15 is 0 Å². The summed E-state index contributed by atoms with van der Waals surface area (Å²) in [6, 6.07) is 16.0. The van der Waals surface area contributed by atoms with Gasteiger partial charge in [0.2, 0.25) is 0 Å². The molecule has 0 bridgehead atoms. The number of aromatic amines is 1. The fraction of sp³-hybridized carbons (Fsp3) is 0.172. The Morgan fingerprint density at radius 2 is 1.57 bits per heavy atom. The lowest BCUT2D eigenvalue weighted by Gasteiger charge is -2.13. The molecule has 1 aliphatic heterocycles. The lowest BCUT2D eigenvalue weighted by Crippen LogP contribution is -2.40. The number of hydrogen-bond donors (Lipinski definition) is 1.